The number of nitrogens with zero attached hydrogens (tertiary/aromatic N) is 3. The summed E-state index contributed by atoms with van der Waals surface area (Å²) >= 11 is 0. The molecule has 0 atom stereocenters. The first-order valence-corrected chi connectivity index (χ1v) is 9.42. The SMILES string of the molecule is CC(C)(C)OC(=O)C[Si]1(CN=[N+]=[N-])CCCCC1. The van der Waals surface area contributed by atoms with E-state index in [2.05, 4.69) is 10.0 Å². The standard InChI is InChI=1S/C12H23N3O2Si/c1-12(2,3)17-11(16)9-18(10-14-15-13)7-5-4-6-8-18/h4-10H2,1-3H3. The summed E-state index contributed by atoms with van der Waals surface area (Å²) in [5, 5.41) is 3.75. The molecule has 0 radical (unpaired) electrons. The number of ether oxygens (including phenoxy) is 1. The Hall–Kier alpha value is -1.00. The zero-order chi connectivity index (χ0) is 13.6. The normalized spacial score (nSPS) is 18.8. The van der Waals surface area contributed by atoms with Gasteiger partial charge in [0.2, 0.25) is 0 Å². The molecule has 1 heterocycles. The predicted molar refractivity (Wildman–Crippen MR) is 73.9 cm³/mol. The molecule has 0 N–H and O–H groups in total. The molecule has 1 rings (SSSR count). The monoisotopic (exact) mass is 269 g/mol. The molecule has 1 aliphatic heterocycles. The first kappa shape index (κ1) is 15.1. The third-order valence-electron chi connectivity index (χ3n) is 3.32. The molecule has 0 saturated carbocycles. The highest BCUT2D eigenvalue weighted by Gasteiger charge is 2.37. The number of hydrogen-bond donors (Lipinski definition) is 0. The van der Waals surface area contributed by atoms with Crippen molar-refractivity contribution in [2.24, 2.45) is 5.11 Å². The maximum Gasteiger partial charge on any atom is 0.303 e. The van der Waals surface area contributed by atoms with Crippen molar-refractivity contribution >= 4 is 14.0 Å². The average Bonchev–Trinajstić information content (AvgIpc) is 2.25. The molecule has 18 heavy (non-hydrogen) atoms. The van der Waals surface area contributed by atoms with Crippen molar-refractivity contribution in [1.82, 2.24) is 0 Å². The van der Waals surface area contributed by atoms with Crippen molar-refractivity contribution in [2.75, 3.05) is 6.17 Å². The van der Waals surface area contributed by atoms with Gasteiger partial charge in [0.25, 0.3) is 0 Å². The van der Waals surface area contributed by atoms with Gasteiger partial charge in [-0.15, -0.1) is 0 Å². The summed E-state index contributed by atoms with van der Waals surface area (Å²) < 4.78 is 5.41. The molecule has 0 aliphatic carbocycles. The van der Waals surface area contributed by atoms with Crippen LogP contribution < -0.4 is 0 Å². The molecular formula is C12H23N3O2Si. The molecule has 0 bridgehead atoms. The van der Waals surface area contributed by atoms with Crippen LogP contribution in [0.4, 0.5) is 0 Å². The zero-order valence-corrected chi connectivity index (χ0v) is 12.6. The maximum atomic E-state index is 12.0. The Labute approximate surface area is 110 Å². The number of rotatable bonds is 4. The van der Waals surface area contributed by atoms with Gasteiger partial charge in [0.15, 0.2) is 0 Å². The molecule has 0 aromatic rings. The van der Waals surface area contributed by atoms with Crippen LogP contribution in [-0.4, -0.2) is 25.8 Å². The third kappa shape index (κ3) is 5.10. The van der Waals surface area contributed by atoms with Crippen molar-refractivity contribution in [2.45, 2.75) is 63.8 Å². The largest absolute Gasteiger partial charge is 0.460 e. The molecule has 102 valence electrons. The van der Waals surface area contributed by atoms with Gasteiger partial charge in [0.1, 0.15) is 5.60 Å². The molecule has 0 aromatic carbocycles. The van der Waals surface area contributed by atoms with Crippen LogP contribution in [0.15, 0.2) is 5.11 Å². The fraction of sp³-hybridized carbons (Fsp3) is 0.917. The Morgan fingerprint density at radius 2 is 1.94 bits per heavy atom. The van der Waals surface area contributed by atoms with Crippen molar-refractivity contribution < 1.29 is 9.53 Å². The van der Waals surface area contributed by atoms with Gasteiger partial charge in [-0.1, -0.05) is 36.5 Å². The van der Waals surface area contributed by atoms with Crippen LogP contribution in [-0.2, 0) is 9.53 Å². The van der Waals surface area contributed by atoms with E-state index in [1.807, 2.05) is 20.8 Å². The number of azide groups is 1. The van der Waals surface area contributed by atoms with Crippen LogP contribution in [0.3, 0.4) is 0 Å². The lowest BCUT2D eigenvalue weighted by Crippen LogP contribution is -2.43. The smallest absolute Gasteiger partial charge is 0.303 e. The van der Waals surface area contributed by atoms with E-state index in [-0.39, 0.29) is 5.97 Å². The van der Waals surface area contributed by atoms with Gasteiger partial charge in [-0.3, -0.25) is 4.79 Å². The van der Waals surface area contributed by atoms with Crippen molar-refractivity contribution in [3.63, 3.8) is 0 Å². The lowest BCUT2D eigenvalue weighted by Gasteiger charge is -2.34. The fourth-order valence-electron chi connectivity index (χ4n) is 2.56. The van der Waals surface area contributed by atoms with Crippen LogP contribution >= 0.6 is 0 Å². The third-order valence-corrected chi connectivity index (χ3v) is 8.00. The van der Waals surface area contributed by atoms with Gasteiger partial charge < -0.3 is 4.74 Å². The Bertz CT molecular complexity index is 340. The van der Waals surface area contributed by atoms with Crippen LogP contribution in [0.25, 0.3) is 10.4 Å². The van der Waals surface area contributed by atoms with E-state index in [4.69, 9.17) is 10.3 Å². The van der Waals surface area contributed by atoms with E-state index in [1.54, 1.807) is 0 Å². The quantitative estimate of drug-likeness (QED) is 0.256. The van der Waals surface area contributed by atoms with Gasteiger partial charge in [-0.05, 0) is 26.3 Å². The van der Waals surface area contributed by atoms with Gasteiger partial charge >= 0.3 is 5.97 Å². The molecule has 0 spiro atoms. The minimum absolute atomic E-state index is 0.121. The number of hydrogen-bond acceptors (Lipinski definition) is 3. The van der Waals surface area contributed by atoms with Gasteiger partial charge in [-0.25, -0.2) is 0 Å². The topological polar surface area (TPSA) is 75.1 Å². The summed E-state index contributed by atoms with van der Waals surface area (Å²) in [6.07, 6.45) is 4.11. The molecule has 1 fully saturated rings. The van der Waals surface area contributed by atoms with Crippen LogP contribution in [0.1, 0.15) is 40.0 Å². The Kier molecular flexibility index (Phi) is 5.23. The first-order chi connectivity index (χ1) is 8.37. The van der Waals surface area contributed by atoms with Gasteiger partial charge in [0.05, 0.1) is 8.07 Å². The molecule has 0 unspecified atom stereocenters. The molecule has 0 aromatic heterocycles. The van der Waals surface area contributed by atoms with E-state index in [0.717, 1.165) is 24.9 Å². The van der Waals surface area contributed by atoms with E-state index in [1.165, 1.54) is 6.42 Å². The van der Waals surface area contributed by atoms with Crippen LogP contribution in [0, 0.1) is 0 Å². The molecule has 5 nitrogen and oxygen atoms in total. The Balaban J connectivity index is 2.66. The summed E-state index contributed by atoms with van der Waals surface area (Å²) in [6.45, 7) is 5.65. The van der Waals surface area contributed by atoms with Crippen molar-refractivity contribution in [3.05, 3.63) is 10.4 Å². The highest BCUT2D eigenvalue weighted by atomic mass is 28.3. The molecular weight excluding hydrogens is 246 g/mol. The lowest BCUT2D eigenvalue weighted by atomic mass is 10.2. The lowest BCUT2D eigenvalue weighted by molar-refractivity contribution is -0.152. The summed E-state index contributed by atoms with van der Waals surface area (Å²) in [5.74, 6) is -0.121. The molecule has 6 heteroatoms. The molecule has 0 amide bonds. The fourth-order valence-corrected chi connectivity index (χ4v) is 6.64. The van der Waals surface area contributed by atoms with E-state index < -0.39 is 13.7 Å². The highest BCUT2D eigenvalue weighted by Crippen LogP contribution is 2.33. The second kappa shape index (κ2) is 6.25. The summed E-state index contributed by atoms with van der Waals surface area (Å²) in [7, 11) is -1.76. The van der Waals surface area contributed by atoms with Crippen molar-refractivity contribution in [1.29, 1.82) is 0 Å². The van der Waals surface area contributed by atoms with E-state index >= 15 is 0 Å². The Morgan fingerprint density at radius 3 is 2.44 bits per heavy atom. The number of carbonyl (C=O) groups excluding carboxylic acids is 1. The zero-order valence-electron chi connectivity index (χ0n) is 11.6. The van der Waals surface area contributed by atoms with Crippen molar-refractivity contribution in [3.8, 4) is 0 Å². The second-order valence-corrected chi connectivity index (χ2v) is 10.9. The summed E-state index contributed by atoms with van der Waals surface area (Å²) in [5.41, 5.74) is 8.07. The maximum absolute atomic E-state index is 12.0. The Morgan fingerprint density at radius 1 is 1.33 bits per heavy atom. The summed E-state index contributed by atoms with van der Waals surface area (Å²) in [4.78, 5) is 14.8. The number of carbonyl (C=O) groups is 1. The second-order valence-electron chi connectivity index (χ2n) is 6.21. The molecule has 1 aliphatic rings. The minimum Gasteiger partial charge on any atom is -0.460 e. The van der Waals surface area contributed by atoms with Gasteiger partial charge in [0, 0.05) is 17.1 Å². The number of esters is 1. The predicted octanol–water partition coefficient (Wildman–Crippen LogP) is 3.81. The van der Waals surface area contributed by atoms with Crippen LogP contribution in [0.2, 0.25) is 18.1 Å². The summed E-state index contributed by atoms with van der Waals surface area (Å²) in [6, 6.07) is 2.68. The van der Waals surface area contributed by atoms with E-state index in [9.17, 15) is 4.79 Å². The van der Waals surface area contributed by atoms with Gasteiger partial charge in [-0.2, -0.15) is 0 Å². The van der Waals surface area contributed by atoms with Crippen LogP contribution in [0.5, 0.6) is 0 Å². The minimum atomic E-state index is -1.76. The molecule has 1 saturated heterocycles. The van der Waals surface area contributed by atoms with E-state index in [0.29, 0.717) is 12.2 Å². The highest BCUT2D eigenvalue weighted by molar-refractivity contribution is 6.82. The first-order valence-electron chi connectivity index (χ1n) is 6.60. The average molecular weight is 269 g/mol.